The Balaban J connectivity index is 0.967. The van der Waals surface area contributed by atoms with Crippen LogP contribution in [0, 0.1) is 11.8 Å². The normalized spacial score (nSPS) is 17.9. The fraction of sp³-hybridized carbons (Fsp3) is 0.426. The van der Waals surface area contributed by atoms with Crippen molar-refractivity contribution in [1.82, 2.24) is 49.9 Å². The molecule has 0 bridgehead atoms. The lowest BCUT2D eigenvalue weighted by Gasteiger charge is -2.30. The van der Waals surface area contributed by atoms with E-state index in [9.17, 15) is 19.2 Å². The molecule has 2 aromatic carbocycles. The molecule has 0 saturated carbocycles. The summed E-state index contributed by atoms with van der Waals surface area (Å²) in [7, 11) is 2.59. The maximum Gasteiger partial charge on any atom is 0.407 e. The van der Waals surface area contributed by atoms with Gasteiger partial charge in [-0.3, -0.25) is 9.59 Å². The average molecular weight is 964 g/mol. The molecule has 4 amide bonds. The van der Waals surface area contributed by atoms with Crippen molar-refractivity contribution in [2.45, 2.75) is 96.8 Å². The first-order valence-electron chi connectivity index (χ1n) is 25.0. The molecule has 4 N–H and O–H groups in total. The second-order valence-corrected chi connectivity index (χ2v) is 19.5. The van der Waals surface area contributed by atoms with Crippen molar-refractivity contribution >= 4 is 29.8 Å². The first kappa shape index (κ1) is 48.6. The molecule has 7 heterocycles. The van der Waals surface area contributed by atoms with E-state index < -0.39 is 24.3 Å². The fourth-order valence-electron chi connectivity index (χ4n) is 10.3. The number of nitrogens with one attached hydrogen (secondary N) is 4. The van der Waals surface area contributed by atoms with Crippen molar-refractivity contribution in [2.24, 2.45) is 11.8 Å². The molecule has 3 aliphatic heterocycles. The van der Waals surface area contributed by atoms with Crippen LogP contribution in [-0.2, 0) is 19.1 Å². The van der Waals surface area contributed by atoms with Gasteiger partial charge in [0, 0.05) is 26.2 Å². The second-order valence-electron chi connectivity index (χ2n) is 19.5. The van der Waals surface area contributed by atoms with Gasteiger partial charge < -0.3 is 49.3 Å². The summed E-state index contributed by atoms with van der Waals surface area (Å²) in [5.74, 6) is 1.88. The lowest BCUT2D eigenvalue weighted by atomic mass is 10.0. The molecule has 3 saturated heterocycles. The Labute approximate surface area is 414 Å². The molecule has 3 aliphatic rings. The van der Waals surface area contributed by atoms with Gasteiger partial charge in [-0.15, -0.1) is 0 Å². The highest BCUT2D eigenvalue weighted by Crippen LogP contribution is 2.38. The summed E-state index contributed by atoms with van der Waals surface area (Å²) < 4.78 is 11.9. The van der Waals surface area contributed by atoms with E-state index in [-0.39, 0.29) is 35.7 Å². The molecule has 17 nitrogen and oxygen atoms in total. The number of amides is 4. The summed E-state index contributed by atoms with van der Waals surface area (Å²) in [6, 6.07) is 23.5. The summed E-state index contributed by atoms with van der Waals surface area (Å²) in [6.07, 6.45) is 11.1. The molecular weight excluding hydrogens is 899 g/mol. The van der Waals surface area contributed by atoms with Crippen LogP contribution < -0.4 is 15.5 Å². The summed E-state index contributed by atoms with van der Waals surface area (Å²) >= 11 is 0. The van der Waals surface area contributed by atoms with E-state index in [1.165, 1.54) is 33.5 Å². The van der Waals surface area contributed by atoms with Gasteiger partial charge in [-0.1, -0.05) is 76.2 Å². The van der Waals surface area contributed by atoms with Crippen molar-refractivity contribution in [2.75, 3.05) is 45.3 Å². The molecular formula is C54H65N11O6. The number of hydrogen-bond donors (Lipinski definition) is 4. The minimum atomic E-state index is -0.707. The number of piperidine rings is 1. The average Bonchev–Trinajstić information content (AvgIpc) is 4.27. The van der Waals surface area contributed by atoms with Crippen LogP contribution in [-0.4, -0.2) is 116 Å². The van der Waals surface area contributed by atoms with Crippen LogP contribution >= 0.6 is 0 Å². The third-order valence-electron chi connectivity index (χ3n) is 14.2. The fourth-order valence-corrected chi connectivity index (χ4v) is 10.3. The van der Waals surface area contributed by atoms with Gasteiger partial charge in [-0.05, 0) is 103 Å². The zero-order valence-corrected chi connectivity index (χ0v) is 41.5. The van der Waals surface area contributed by atoms with Crippen LogP contribution in [0.2, 0.25) is 0 Å². The number of aromatic amines is 2. The number of carbonyl (C=O) groups is 4. The number of alkyl carbamates (subject to hydrolysis) is 2. The first-order chi connectivity index (χ1) is 34.4. The Kier molecular flexibility index (Phi) is 14.6. The van der Waals surface area contributed by atoms with Gasteiger partial charge in [0.25, 0.3) is 0 Å². The van der Waals surface area contributed by atoms with Gasteiger partial charge >= 0.3 is 12.2 Å². The number of anilines is 1. The summed E-state index contributed by atoms with van der Waals surface area (Å²) in [4.78, 5) is 79.3. The minimum Gasteiger partial charge on any atom is -0.453 e. The van der Waals surface area contributed by atoms with Crippen LogP contribution in [0.4, 0.5) is 15.4 Å². The maximum absolute atomic E-state index is 13.8. The number of carbonyl (C=O) groups excluding carboxylic acids is 4. The molecule has 3 fully saturated rings. The van der Waals surface area contributed by atoms with E-state index in [1.807, 2.05) is 56.1 Å². The highest BCUT2D eigenvalue weighted by molar-refractivity contribution is 5.87. The van der Waals surface area contributed by atoms with Gasteiger partial charge in [0.05, 0.1) is 73.4 Å². The number of ether oxygens (including phenoxy) is 2. The third kappa shape index (κ3) is 10.3. The predicted molar refractivity (Wildman–Crippen MR) is 271 cm³/mol. The Morgan fingerprint density at radius 3 is 1.41 bits per heavy atom. The number of methoxy groups -OCH3 is 2. The number of H-pyrrole nitrogens is 2. The van der Waals surface area contributed by atoms with Gasteiger partial charge in [0.2, 0.25) is 11.8 Å². The number of imidazole rings is 2. The van der Waals surface area contributed by atoms with E-state index in [0.29, 0.717) is 24.7 Å². The van der Waals surface area contributed by atoms with Crippen molar-refractivity contribution < 1.29 is 28.7 Å². The van der Waals surface area contributed by atoms with Crippen molar-refractivity contribution in [3.05, 3.63) is 103 Å². The molecule has 0 radical (unpaired) electrons. The number of benzene rings is 2. The molecule has 71 heavy (non-hydrogen) atoms. The molecule has 0 spiro atoms. The van der Waals surface area contributed by atoms with Crippen LogP contribution in [0.3, 0.4) is 0 Å². The molecule has 0 aliphatic carbocycles. The van der Waals surface area contributed by atoms with E-state index >= 15 is 0 Å². The highest BCUT2D eigenvalue weighted by atomic mass is 16.5. The topological polar surface area (TPSA) is 196 Å². The second kappa shape index (κ2) is 21.3. The highest BCUT2D eigenvalue weighted by Gasteiger charge is 2.39. The third-order valence-corrected chi connectivity index (χ3v) is 14.2. The summed E-state index contributed by atoms with van der Waals surface area (Å²) in [6.45, 7) is 10.8. The molecule has 17 heteroatoms. The standard InChI is InChI=1S/C54H65N11O6/c1-33(2)47(60-53(68)70-5)51(66)63-28-10-12-44(63)49-56-31-40(58-49)35-14-18-37(19-15-35)42-23-24-43(65(42)39-22-25-46(55-30-39)62-26-8-7-9-27-62)38-20-16-36(17-21-38)41-32-57-50(59-41)45-13-11-29-64(45)52(67)48(34(3)4)61-54(69)71-6/h14-25,30-34,44-45,47-48H,7-13,26-29H2,1-6H3,(H,56,58)(H,57,59)(H,60,68)(H,61,69)/t44-,45-,47-,48+/m0/s1. The Hall–Kier alpha value is -7.43. The molecule has 0 unspecified atom stereocenters. The summed E-state index contributed by atoms with van der Waals surface area (Å²) in [5.41, 5.74) is 8.60. The van der Waals surface area contributed by atoms with E-state index in [1.54, 1.807) is 0 Å². The summed E-state index contributed by atoms with van der Waals surface area (Å²) in [5, 5.41) is 5.45. The Morgan fingerprint density at radius 1 is 0.549 bits per heavy atom. The molecule has 6 aromatic rings. The molecule has 4 atom stereocenters. The largest absolute Gasteiger partial charge is 0.453 e. The van der Waals surface area contributed by atoms with Gasteiger partial charge in [0.15, 0.2) is 0 Å². The minimum absolute atomic E-state index is 0.122. The smallest absolute Gasteiger partial charge is 0.407 e. The predicted octanol–water partition coefficient (Wildman–Crippen LogP) is 9.07. The Morgan fingerprint density at radius 2 is 1.00 bits per heavy atom. The zero-order valence-electron chi connectivity index (χ0n) is 41.5. The lowest BCUT2D eigenvalue weighted by molar-refractivity contribution is -0.136. The molecule has 372 valence electrons. The van der Waals surface area contributed by atoms with E-state index in [0.717, 1.165) is 95.3 Å². The van der Waals surface area contributed by atoms with Crippen molar-refractivity contribution in [3.63, 3.8) is 0 Å². The van der Waals surface area contributed by atoms with Crippen LogP contribution in [0.5, 0.6) is 0 Å². The number of rotatable bonds is 14. The monoisotopic (exact) mass is 964 g/mol. The Bertz CT molecular complexity index is 2650. The molecule has 9 rings (SSSR count). The maximum atomic E-state index is 13.8. The van der Waals surface area contributed by atoms with Crippen LogP contribution in [0.15, 0.2) is 91.4 Å². The van der Waals surface area contributed by atoms with Crippen LogP contribution in [0.25, 0.3) is 50.7 Å². The van der Waals surface area contributed by atoms with E-state index in [4.69, 9.17) is 24.4 Å². The van der Waals surface area contributed by atoms with Gasteiger partial charge in [-0.2, -0.15) is 0 Å². The lowest BCUT2D eigenvalue weighted by Crippen LogP contribution is -2.51. The van der Waals surface area contributed by atoms with Crippen molar-refractivity contribution in [1.29, 1.82) is 0 Å². The zero-order chi connectivity index (χ0) is 49.8. The van der Waals surface area contributed by atoms with Crippen molar-refractivity contribution in [3.8, 4) is 50.7 Å². The quantitative estimate of drug-likeness (QED) is 0.0818. The first-order valence-corrected chi connectivity index (χ1v) is 25.0. The van der Waals surface area contributed by atoms with Gasteiger partial charge in [-0.25, -0.2) is 24.5 Å². The van der Waals surface area contributed by atoms with Crippen LogP contribution in [0.1, 0.15) is 96.4 Å². The van der Waals surface area contributed by atoms with Gasteiger partial charge in [0.1, 0.15) is 29.6 Å². The number of aromatic nitrogens is 6. The number of likely N-dealkylation sites (tertiary alicyclic amines) is 2. The molecule has 4 aromatic heterocycles. The number of hydrogen-bond acceptors (Lipinski definition) is 10. The number of nitrogens with zero attached hydrogens (tertiary/aromatic N) is 7. The van der Waals surface area contributed by atoms with E-state index in [2.05, 4.69) is 103 Å². The SMILES string of the molecule is COC(=O)N[C@H](C(=O)N1CCC[C@H]1c1ncc(-c2ccc(-c3ccc(-c4ccc(-c5cnc([C@@H]6CCCN6C(=O)[C@H](NC(=O)OC)C(C)C)[nH]5)cc4)n3-c3ccc(N4CCCCC4)nc3)cc2)[nH]1)C(C)C. The number of pyridine rings is 1.